The van der Waals surface area contributed by atoms with Crippen molar-refractivity contribution in [2.24, 2.45) is 0 Å². The van der Waals surface area contributed by atoms with E-state index in [1.807, 2.05) is 50.2 Å². The lowest BCUT2D eigenvalue weighted by Crippen LogP contribution is -2.31. The van der Waals surface area contributed by atoms with Gasteiger partial charge in [0, 0.05) is 17.5 Å². The van der Waals surface area contributed by atoms with E-state index in [1.165, 1.54) is 11.8 Å². The van der Waals surface area contributed by atoms with E-state index >= 15 is 0 Å². The zero-order valence-corrected chi connectivity index (χ0v) is 18.1. The number of methoxy groups -OCH3 is 2. The molecule has 0 heterocycles. The molecule has 2 aromatic carbocycles. The molecule has 2 aromatic rings. The molecule has 0 bridgehead atoms. The number of thioether (sulfide) groups is 1. The van der Waals surface area contributed by atoms with Crippen LogP contribution in [-0.4, -0.2) is 44.4 Å². The molecule has 0 fully saturated rings. The summed E-state index contributed by atoms with van der Waals surface area (Å²) in [5, 5.41) is 5.80. The molecule has 29 heavy (non-hydrogen) atoms. The largest absolute Gasteiger partial charge is 0.493 e. The van der Waals surface area contributed by atoms with Gasteiger partial charge in [0.25, 0.3) is 5.91 Å². The topological polar surface area (TPSA) is 76.7 Å². The van der Waals surface area contributed by atoms with Gasteiger partial charge in [-0.2, -0.15) is 0 Å². The molecule has 156 valence electrons. The molecular weight excluding hydrogens is 388 g/mol. The second-order valence-electron chi connectivity index (χ2n) is 6.70. The number of ether oxygens (including phenoxy) is 2. The highest BCUT2D eigenvalue weighted by atomic mass is 32.2. The van der Waals surface area contributed by atoms with E-state index in [9.17, 15) is 9.59 Å². The third-order valence-corrected chi connectivity index (χ3v) is 5.16. The Morgan fingerprint density at radius 2 is 1.76 bits per heavy atom. The molecule has 0 atom stereocenters. The number of rotatable bonds is 10. The van der Waals surface area contributed by atoms with E-state index < -0.39 is 0 Å². The van der Waals surface area contributed by atoms with E-state index in [-0.39, 0.29) is 23.6 Å². The van der Waals surface area contributed by atoms with E-state index in [0.29, 0.717) is 30.0 Å². The van der Waals surface area contributed by atoms with Crippen molar-refractivity contribution in [3.63, 3.8) is 0 Å². The fraction of sp³-hybridized carbons (Fsp3) is 0.364. The van der Waals surface area contributed by atoms with E-state index in [1.54, 1.807) is 20.3 Å². The van der Waals surface area contributed by atoms with Gasteiger partial charge in [-0.3, -0.25) is 9.59 Å². The summed E-state index contributed by atoms with van der Waals surface area (Å²) in [6.07, 6.45) is 0.665. The number of carbonyl (C=O) groups excluding carboxylic acids is 2. The molecule has 7 heteroatoms. The van der Waals surface area contributed by atoms with Crippen LogP contribution in [-0.2, 0) is 11.2 Å². The minimum atomic E-state index is -0.155. The number of nitrogens with one attached hydrogen (secondary N) is 2. The molecule has 6 nitrogen and oxygen atoms in total. The van der Waals surface area contributed by atoms with Crippen LogP contribution in [0.2, 0.25) is 0 Å². The Kier molecular flexibility index (Phi) is 8.86. The van der Waals surface area contributed by atoms with Crippen LogP contribution in [0.3, 0.4) is 0 Å². The van der Waals surface area contributed by atoms with Crippen LogP contribution < -0.4 is 20.1 Å². The van der Waals surface area contributed by atoms with Gasteiger partial charge in [-0.15, -0.1) is 11.8 Å². The van der Waals surface area contributed by atoms with Crippen molar-refractivity contribution in [2.75, 3.05) is 26.5 Å². The molecule has 2 rings (SSSR count). The number of benzene rings is 2. The number of carbonyl (C=O) groups is 2. The molecule has 0 spiro atoms. The summed E-state index contributed by atoms with van der Waals surface area (Å²) in [6.45, 7) is 4.33. The first kappa shape index (κ1) is 22.6. The van der Waals surface area contributed by atoms with Crippen molar-refractivity contribution in [3.05, 3.63) is 53.6 Å². The molecule has 0 saturated heterocycles. The van der Waals surface area contributed by atoms with Gasteiger partial charge in [-0.05, 0) is 50.1 Å². The molecule has 0 aromatic heterocycles. The molecule has 2 amide bonds. The SMILES string of the molecule is COc1ccc(CCNC(=O)c2ccccc2SCC(=O)NC(C)C)cc1OC. The third kappa shape index (κ3) is 7.02. The Labute approximate surface area is 176 Å². The molecule has 0 aliphatic carbocycles. The summed E-state index contributed by atoms with van der Waals surface area (Å²) >= 11 is 1.36. The molecule has 0 saturated carbocycles. The van der Waals surface area contributed by atoms with Crippen LogP contribution >= 0.6 is 11.8 Å². The fourth-order valence-corrected chi connectivity index (χ4v) is 3.60. The number of hydrogen-bond donors (Lipinski definition) is 2. The van der Waals surface area contributed by atoms with Crippen molar-refractivity contribution < 1.29 is 19.1 Å². The van der Waals surface area contributed by atoms with Gasteiger partial charge in [0.05, 0.1) is 25.5 Å². The first-order valence-electron chi connectivity index (χ1n) is 9.45. The summed E-state index contributed by atoms with van der Waals surface area (Å²) in [4.78, 5) is 25.3. The van der Waals surface area contributed by atoms with Crippen molar-refractivity contribution in [1.82, 2.24) is 10.6 Å². The molecule has 0 unspecified atom stereocenters. The highest BCUT2D eigenvalue weighted by molar-refractivity contribution is 8.00. The molecule has 0 aliphatic heterocycles. The summed E-state index contributed by atoms with van der Waals surface area (Å²) < 4.78 is 10.6. The minimum Gasteiger partial charge on any atom is -0.493 e. The van der Waals surface area contributed by atoms with Crippen molar-refractivity contribution >= 4 is 23.6 Å². The highest BCUT2D eigenvalue weighted by Crippen LogP contribution is 2.27. The normalized spacial score (nSPS) is 10.5. The van der Waals surface area contributed by atoms with Crippen molar-refractivity contribution in [3.8, 4) is 11.5 Å². The Morgan fingerprint density at radius 3 is 2.45 bits per heavy atom. The lowest BCUT2D eigenvalue weighted by molar-refractivity contribution is -0.119. The van der Waals surface area contributed by atoms with Gasteiger partial charge >= 0.3 is 0 Å². The highest BCUT2D eigenvalue weighted by Gasteiger charge is 2.13. The maximum atomic E-state index is 12.6. The van der Waals surface area contributed by atoms with E-state index in [2.05, 4.69) is 10.6 Å². The van der Waals surface area contributed by atoms with Crippen LogP contribution in [0.5, 0.6) is 11.5 Å². The Hall–Kier alpha value is -2.67. The maximum absolute atomic E-state index is 12.6. The second kappa shape index (κ2) is 11.4. The van der Waals surface area contributed by atoms with Gasteiger partial charge in [0.1, 0.15) is 0 Å². The van der Waals surface area contributed by atoms with Crippen LogP contribution in [0, 0.1) is 0 Å². The van der Waals surface area contributed by atoms with E-state index in [4.69, 9.17) is 9.47 Å². The first-order valence-corrected chi connectivity index (χ1v) is 10.4. The number of amides is 2. The average Bonchev–Trinajstić information content (AvgIpc) is 2.71. The molecule has 2 N–H and O–H groups in total. The minimum absolute atomic E-state index is 0.0475. The second-order valence-corrected chi connectivity index (χ2v) is 7.72. The standard InChI is InChI=1S/C22H28N2O4S/c1-15(2)24-21(25)14-29-20-8-6-5-7-17(20)22(26)23-12-11-16-9-10-18(27-3)19(13-16)28-4/h5-10,13,15H,11-12,14H2,1-4H3,(H,23,26)(H,24,25). The van der Waals surface area contributed by atoms with Gasteiger partial charge < -0.3 is 20.1 Å². The van der Waals surface area contributed by atoms with Crippen LogP contribution in [0.25, 0.3) is 0 Å². The maximum Gasteiger partial charge on any atom is 0.252 e. The van der Waals surface area contributed by atoms with Gasteiger partial charge in [-0.25, -0.2) is 0 Å². The smallest absolute Gasteiger partial charge is 0.252 e. The average molecular weight is 417 g/mol. The van der Waals surface area contributed by atoms with Crippen LogP contribution in [0.4, 0.5) is 0 Å². The van der Waals surface area contributed by atoms with Crippen LogP contribution in [0.15, 0.2) is 47.4 Å². The lowest BCUT2D eigenvalue weighted by atomic mass is 10.1. The van der Waals surface area contributed by atoms with Gasteiger partial charge in [0.15, 0.2) is 11.5 Å². The zero-order valence-electron chi connectivity index (χ0n) is 17.3. The van der Waals surface area contributed by atoms with E-state index in [0.717, 1.165) is 10.5 Å². The van der Waals surface area contributed by atoms with Crippen molar-refractivity contribution in [2.45, 2.75) is 31.2 Å². The fourth-order valence-electron chi connectivity index (χ4n) is 2.74. The molecule has 0 aliphatic rings. The quantitative estimate of drug-likeness (QED) is 0.581. The monoisotopic (exact) mass is 416 g/mol. The third-order valence-electron chi connectivity index (χ3n) is 4.09. The summed E-state index contributed by atoms with van der Waals surface area (Å²) in [5.74, 6) is 1.41. The summed E-state index contributed by atoms with van der Waals surface area (Å²) in [5.41, 5.74) is 1.61. The molecule has 0 radical (unpaired) electrons. The summed E-state index contributed by atoms with van der Waals surface area (Å²) in [7, 11) is 3.19. The summed E-state index contributed by atoms with van der Waals surface area (Å²) in [6, 6.07) is 13.1. The zero-order chi connectivity index (χ0) is 21.2. The Morgan fingerprint density at radius 1 is 1.03 bits per heavy atom. The first-order chi connectivity index (χ1) is 13.9. The van der Waals surface area contributed by atoms with Gasteiger partial charge in [-0.1, -0.05) is 18.2 Å². The number of hydrogen-bond acceptors (Lipinski definition) is 5. The van der Waals surface area contributed by atoms with Crippen molar-refractivity contribution in [1.29, 1.82) is 0 Å². The van der Waals surface area contributed by atoms with Gasteiger partial charge in [0.2, 0.25) is 5.91 Å². The Bertz CT molecular complexity index is 839. The lowest BCUT2D eigenvalue weighted by Gasteiger charge is -2.12. The molecular formula is C22H28N2O4S. The van der Waals surface area contributed by atoms with Crippen LogP contribution in [0.1, 0.15) is 29.8 Å². The predicted octanol–water partition coefficient (Wildman–Crippen LogP) is 3.29. The Balaban J connectivity index is 1.93. The predicted molar refractivity (Wildman–Crippen MR) is 116 cm³/mol.